The second-order valence-electron chi connectivity index (χ2n) is 6.18. The number of aromatic nitrogens is 3. The third-order valence-electron chi connectivity index (χ3n) is 4.35. The molecular weight excluding hydrogens is 306 g/mol. The number of nitrogens with zero attached hydrogens (tertiary/aromatic N) is 5. The Kier molecular flexibility index (Phi) is 5.42. The fraction of sp³-hybridized carbons (Fsp3) is 0.588. The molecule has 1 fully saturated rings. The highest BCUT2D eigenvalue weighted by molar-refractivity contribution is 5.39. The first-order valence-electron chi connectivity index (χ1n) is 8.42. The molecule has 0 N–H and O–H groups in total. The van der Waals surface area contributed by atoms with Gasteiger partial charge in [0.25, 0.3) is 0 Å². The molecule has 1 aliphatic rings. The second kappa shape index (κ2) is 7.72. The molecule has 130 valence electrons. The summed E-state index contributed by atoms with van der Waals surface area (Å²) in [7, 11) is 1.64. The van der Waals surface area contributed by atoms with Crippen molar-refractivity contribution in [1.82, 2.24) is 20.0 Å². The fourth-order valence-corrected chi connectivity index (χ4v) is 2.86. The van der Waals surface area contributed by atoms with E-state index in [9.17, 15) is 0 Å². The van der Waals surface area contributed by atoms with Crippen molar-refractivity contribution in [3.63, 3.8) is 0 Å². The van der Waals surface area contributed by atoms with Gasteiger partial charge in [-0.25, -0.2) is 4.98 Å². The summed E-state index contributed by atoms with van der Waals surface area (Å²) in [4.78, 5) is 13.8. The topological polar surface area (TPSA) is 67.5 Å². The van der Waals surface area contributed by atoms with E-state index in [0.29, 0.717) is 18.3 Å². The minimum Gasteiger partial charge on any atom is -0.374 e. The molecule has 1 aliphatic heterocycles. The van der Waals surface area contributed by atoms with Gasteiger partial charge in [-0.3, -0.25) is 4.90 Å². The molecule has 0 aromatic carbocycles. The molecule has 3 rings (SSSR count). The molecule has 2 aromatic heterocycles. The van der Waals surface area contributed by atoms with Crippen LogP contribution in [0.5, 0.6) is 0 Å². The Bertz CT molecular complexity index is 660. The van der Waals surface area contributed by atoms with Crippen molar-refractivity contribution in [3.8, 4) is 0 Å². The highest BCUT2D eigenvalue weighted by Gasteiger charge is 2.19. The fourth-order valence-electron chi connectivity index (χ4n) is 2.86. The highest BCUT2D eigenvalue weighted by atomic mass is 16.5. The van der Waals surface area contributed by atoms with Gasteiger partial charge in [-0.1, -0.05) is 11.2 Å². The normalized spacial score (nSPS) is 17.7. The first-order valence-corrected chi connectivity index (χ1v) is 8.42. The molecule has 0 bridgehead atoms. The Morgan fingerprint density at radius 2 is 2.08 bits per heavy atom. The van der Waals surface area contributed by atoms with Crippen LogP contribution >= 0.6 is 0 Å². The monoisotopic (exact) mass is 331 g/mol. The first kappa shape index (κ1) is 16.9. The second-order valence-corrected chi connectivity index (χ2v) is 6.18. The molecule has 0 aliphatic carbocycles. The van der Waals surface area contributed by atoms with Crippen molar-refractivity contribution in [1.29, 1.82) is 0 Å². The minimum atomic E-state index is -0.144. The van der Waals surface area contributed by atoms with Crippen molar-refractivity contribution < 1.29 is 9.26 Å². The van der Waals surface area contributed by atoms with E-state index in [4.69, 9.17) is 9.26 Å². The summed E-state index contributed by atoms with van der Waals surface area (Å²) in [5.41, 5.74) is 1.05. The third kappa shape index (κ3) is 4.10. The van der Waals surface area contributed by atoms with Crippen molar-refractivity contribution in [3.05, 3.63) is 35.6 Å². The van der Waals surface area contributed by atoms with Crippen LogP contribution in [0.1, 0.15) is 36.9 Å². The lowest BCUT2D eigenvalue weighted by molar-refractivity contribution is 0.109. The van der Waals surface area contributed by atoms with Gasteiger partial charge in [-0.15, -0.1) is 0 Å². The number of anilines is 1. The van der Waals surface area contributed by atoms with Gasteiger partial charge < -0.3 is 14.2 Å². The molecule has 0 radical (unpaired) electrons. The van der Waals surface area contributed by atoms with Crippen molar-refractivity contribution >= 4 is 5.82 Å². The number of hydrogen-bond acceptors (Lipinski definition) is 7. The van der Waals surface area contributed by atoms with Gasteiger partial charge in [-0.05, 0) is 32.4 Å². The van der Waals surface area contributed by atoms with E-state index in [1.54, 1.807) is 7.11 Å². The van der Waals surface area contributed by atoms with Gasteiger partial charge in [-0.2, -0.15) is 4.98 Å². The highest BCUT2D eigenvalue weighted by Crippen LogP contribution is 2.16. The predicted molar refractivity (Wildman–Crippen MR) is 90.8 cm³/mol. The van der Waals surface area contributed by atoms with Crippen LogP contribution in [0.3, 0.4) is 0 Å². The summed E-state index contributed by atoms with van der Waals surface area (Å²) in [6.45, 7) is 8.55. The number of ether oxygens (including phenoxy) is 1. The zero-order chi connectivity index (χ0) is 16.9. The minimum absolute atomic E-state index is 0.144. The van der Waals surface area contributed by atoms with E-state index >= 15 is 0 Å². The van der Waals surface area contributed by atoms with E-state index in [1.807, 2.05) is 19.9 Å². The molecule has 7 heteroatoms. The van der Waals surface area contributed by atoms with Crippen LogP contribution in [0.2, 0.25) is 0 Å². The van der Waals surface area contributed by atoms with Crippen LogP contribution in [0, 0.1) is 6.92 Å². The third-order valence-corrected chi connectivity index (χ3v) is 4.35. The van der Waals surface area contributed by atoms with E-state index in [1.165, 1.54) is 0 Å². The summed E-state index contributed by atoms with van der Waals surface area (Å²) in [5, 5.41) is 3.99. The van der Waals surface area contributed by atoms with E-state index < -0.39 is 0 Å². The number of pyridine rings is 1. The maximum atomic E-state index is 5.35. The number of rotatable bonds is 5. The molecule has 1 saturated heterocycles. The average molecular weight is 331 g/mol. The Morgan fingerprint density at radius 3 is 2.88 bits per heavy atom. The SMILES string of the molecule is COC(C)c1noc(CN2CCCN(c3cccc(C)n3)CC2)n1. The lowest BCUT2D eigenvalue weighted by Gasteiger charge is -2.22. The van der Waals surface area contributed by atoms with Crippen LogP contribution in [-0.4, -0.2) is 53.3 Å². The average Bonchev–Trinajstić information content (AvgIpc) is 2.92. The summed E-state index contributed by atoms with van der Waals surface area (Å²) in [6, 6.07) is 6.18. The predicted octanol–water partition coefficient (Wildman–Crippen LogP) is 2.19. The van der Waals surface area contributed by atoms with E-state index in [0.717, 1.165) is 44.1 Å². The van der Waals surface area contributed by atoms with Crippen LogP contribution in [0.15, 0.2) is 22.7 Å². The van der Waals surface area contributed by atoms with E-state index in [2.05, 4.69) is 37.1 Å². The van der Waals surface area contributed by atoms with E-state index in [-0.39, 0.29) is 6.10 Å². The quantitative estimate of drug-likeness (QED) is 0.832. The van der Waals surface area contributed by atoms with Gasteiger partial charge >= 0.3 is 0 Å². The Morgan fingerprint density at radius 1 is 1.21 bits per heavy atom. The maximum Gasteiger partial charge on any atom is 0.240 e. The zero-order valence-corrected chi connectivity index (χ0v) is 14.6. The molecule has 0 amide bonds. The Labute approximate surface area is 142 Å². The smallest absolute Gasteiger partial charge is 0.240 e. The molecule has 0 spiro atoms. The molecule has 0 saturated carbocycles. The van der Waals surface area contributed by atoms with Gasteiger partial charge in [0.1, 0.15) is 11.9 Å². The number of hydrogen-bond donors (Lipinski definition) is 0. The molecule has 3 heterocycles. The lowest BCUT2D eigenvalue weighted by Crippen LogP contribution is -2.31. The molecular formula is C17H25N5O2. The van der Waals surface area contributed by atoms with Crippen molar-refractivity contribution in [2.75, 3.05) is 38.2 Å². The number of methoxy groups -OCH3 is 1. The van der Waals surface area contributed by atoms with Crippen LogP contribution in [-0.2, 0) is 11.3 Å². The van der Waals surface area contributed by atoms with Gasteiger partial charge in [0.05, 0.1) is 6.54 Å². The van der Waals surface area contributed by atoms with Gasteiger partial charge in [0, 0.05) is 39.0 Å². The van der Waals surface area contributed by atoms with Crippen LogP contribution in [0.25, 0.3) is 0 Å². The summed E-state index contributed by atoms with van der Waals surface area (Å²) < 4.78 is 10.6. The molecule has 1 atom stereocenters. The lowest BCUT2D eigenvalue weighted by atomic mass is 10.3. The van der Waals surface area contributed by atoms with Crippen molar-refractivity contribution in [2.24, 2.45) is 0 Å². The molecule has 2 aromatic rings. The van der Waals surface area contributed by atoms with Crippen LogP contribution < -0.4 is 4.90 Å². The Hall–Kier alpha value is -1.99. The standard InChI is InChI=1S/C17H25N5O2/c1-13-6-4-7-15(18-13)22-9-5-8-21(10-11-22)12-16-19-17(20-24-16)14(2)23-3/h4,6-7,14H,5,8-12H2,1-3H3. The summed E-state index contributed by atoms with van der Waals surface area (Å²) in [5.74, 6) is 2.31. The number of aryl methyl sites for hydroxylation is 1. The Balaban J connectivity index is 1.58. The van der Waals surface area contributed by atoms with Crippen LogP contribution in [0.4, 0.5) is 5.82 Å². The summed E-state index contributed by atoms with van der Waals surface area (Å²) in [6.07, 6.45) is 0.944. The molecule has 24 heavy (non-hydrogen) atoms. The maximum absolute atomic E-state index is 5.35. The van der Waals surface area contributed by atoms with Crippen molar-refractivity contribution in [2.45, 2.75) is 32.9 Å². The van der Waals surface area contributed by atoms with Gasteiger partial charge in [0.2, 0.25) is 5.89 Å². The molecule has 7 nitrogen and oxygen atoms in total. The first-order chi connectivity index (χ1) is 11.7. The zero-order valence-electron chi connectivity index (χ0n) is 14.6. The largest absolute Gasteiger partial charge is 0.374 e. The molecule has 1 unspecified atom stereocenters. The summed E-state index contributed by atoms with van der Waals surface area (Å²) >= 11 is 0. The van der Waals surface area contributed by atoms with Gasteiger partial charge in [0.15, 0.2) is 5.82 Å².